The van der Waals surface area contributed by atoms with Gasteiger partial charge in [-0.3, -0.25) is 0 Å². The van der Waals surface area contributed by atoms with Gasteiger partial charge in [0.25, 0.3) is 0 Å². The molecule has 138 valence electrons. The number of allylic oxidation sites excluding steroid dienone is 2. The minimum atomic E-state index is -0.363. The third-order valence-corrected chi connectivity index (χ3v) is 5.89. The first-order valence-electron chi connectivity index (χ1n) is 9.86. The Morgan fingerprint density at radius 3 is 2.35 bits per heavy atom. The van der Waals surface area contributed by atoms with Crippen molar-refractivity contribution in [3.63, 3.8) is 0 Å². The molecule has 0 unspecified atom stereocenters. The van der Waals surface area contributed by atoms with E-state index in [0.29, 0.717) is 0 Å². The Bertz CT molecular complexity index is 724. The van der Waals surface area contributed by atoms with Crippen LogP contribution in [0.2, 0.25) is 5.02 Å². The van der Waals surface area contributed by atoms with Gasteiger partial charge >= 0.3 is 0 Å². The lowest BCUT2D eigenvalue weighted by Crippen LogP contribution is -2.13. The summed E-state index contributed by atoms with van der Waals surface area (Å²) in [7, 11) is 0. The Morgan fingerprint density at radius 1 is 1.00 bits per heavy atom. The van der Waals surface area contributed by atoms with Crippen LogP contribution >= 0.6 is 11.6 Å². The predicted octanol–water partition coefficient (Wildman–Crippen LogP) is 7.85. The van der Waals surface area contributed by atoms with Gasteiger partial charge in [0.2, 0.25) is 0 Å². The molecule has 26 heavy (non-hydrogen) atoms. The second kappa shape index (κ2) is 9.37. The van der Waals surface area contributed by atoms with E-state index in [1.54, 1.807) is 6.07 Å². The second-order valence-corrected chi connectivity index (χ2v) is 7.89. The molecule has 2 heteroatoms. The Kier molecular flexibility index (Phi) is 6.91. The van der Waals surface area contributed by atoms with E-state index in [1.165, 1.54) is 43.7 Å². The molecule has 0 bridgehead atoms. The quantitative estimate of drug-likeness (QED) is 0.454. The third-order valence-electron chi connectivity index (χ3n) is 5.58. The predicted molar refractivity (Wildman–Crippen MR) is 110 cm³/mol. The minimum absolute atomic E-state index is 0.172. The molecule has 2 aromatic rings. The average Bonchev–Trinajstić information content (AvgIpc) is 2.68. The molecule has 0 amide bonds. The van der Waals surface area contributed by atoms with Gasteiger partial charge in [0, 0.05) is 0 Å². The first-order chi connectivity index (χ1) is 12.7. The maximum Gasteiger partial charge on any atom is 0.142 e. The number of hydrogen-bond acceptors (Lipinski definition) is 0. The maximum atomic E-state index is 13.6. The van der Waals surface area contributed by atoms with Gasteiger partial charge in [-0.2, -0.15) is 0 Å². The van der Waals surface area contributed by atoms with Gasteiger partial charge in [0.05, 0.1) is 5.02 Å². The van der Waals surface area contributed by atoms with E-state index in [2.05, 4.69) is 43.3 Å². The molecule has 0 radical (unpaired) electrons. The highest BCUT2D eigenvalue weighted by molar-refractivity contribution is 6.30. The van der Waals surface area contributed by atoms with Crippen molar-refractivity contribution in [2.45, 2.75) is 51.9 Å². The molecule has 3 rings (SSSR count). The molecule has 1 aliphatic rings. The van der Waals surface area contributed by atoms with Crippen molar-refractivity contribution in [3.05, 3.63) is 71.0 Å². The van der Waals surface area contributed by atoms with Crippen LogP contribution in [0.3, 0.4) is 0 Å². The second-order valence-electron chi connectivity index (χ2n) is 7.48. The largest absolute Gasteiger partial charge is 0.205 e. The molecule has 1 aliphatic carbocycles. The SMILES string of the molecule is CCC=CC1CCC(CCc2ccc(-c3ccc(Cl)c(F)c3)cc2)CC1. The fraction of sp³-hybridized carbons (Fsp3) is 0.417. The molecule has 0 heterocycles. The lowest BCUT2D eigenvalue weighted by atomic mass is 9.79. The monoisotopic (exact) mass is 370 g/mol. The smallest absolute Gasteiger partial charge is 0.142 e. The summed E-state index contributed by atoms with van der Waals surface area (Å²) >= 11 is 5.76. The van der Waals surface area contributed by atoms with Gasteiger partial charge < -0.3 is 0 Å². The van der Waals surface area contributed by atoms with E-state index < -0.39 is 0 Å². The summed E-state index contributed by atoms with van der Waals surface area (Å²) in [4.78, 5) is 0. The number of halogens is 2. The number of aryl methyl sites for hydroxylation is 1. The average molecular weight is 371 g/mol. The van der Waals surface area contributed by atoms with Crippen LogP contribution in [0.4, 0.5) is 4.39 Å². The van der Waals surface area contributed by atoms with Gasteiger partial charge in [-0.25, -0.2) is 4.39 Å². The Balaban J connectivity index is 1.50. The molecular weight excluding hydrogens is 343 g/mol. The first-order valence-corrected chi connectivity index (χ1v) is 10.2. The van der Waals surface area contributed by atoms with Crippen molar-refractivity contribution in [3.8, 4) is 11.1 Å². The van der Waals surface area contributed by atoms with Crippen LogP contribution in [0.25, 0.3) is 11.1 Å². The van der Waals surface area contributed by atoms with Crippen molar-refractivity contribution in [2.75, 3.05) is 0 Å². The Hall–Kier alpha value is -1.60. The van der Waals surface area contributed by atoms with E-state index in [-0.39, 0.29) is 10.8 Å². The summed E-state index contributed by atoms with van der Waals surface area (Å²) < 4.78 is 13.6. The van der Waals surface area contributed by atoms with Crippen molar-refractivity contribution >= 4 is 11.6 Å². The van der Waals surface area contributed by atoms with Gasteiger partial charge in [-0.1, -0.05) is 61.0 Å². The van der Waals surface area contributed by atoms with E-state index in [9.17, 15) is 4.39 Å². The number of benzene rings is 2. The first kappa shape index (κ1) is 19.2. The van der Waals surface area contributed by atoms with Gasteiger partial charge in [0.1, 0.15) is 5.82 Å². The fourth-order valence-corrected chi connectivity index (χ4v) is 4.03. The summed E-state index contributed by atoms with van der Waals surface area (Å²) in [5.74, 6) is 1.31. The normalized spacial score (nSPS) is 20.6. The summed E-state index contributed by atoms with van der Waals surface area (Å²) in [5.41, 5.74) is 3.28. The zero-order valence-electron chi connectivity index (χ0n) is 15.6. The van der Waals surface area contributed by atoms with Crippen LogP contribution < -0.4 is 0 Å². The molecule has 0 spiro atoms. The zero-order chi connectivity index (χ0) is 18.4. The van der Waals surface area contributed by atoms with Crippen molar-refractivity contribution in [1.29, 1.82) is 0 Å². The standard InChI is InChI=1S/C24H28ClF/c1-2-3-4-18-5-7-19(8-6-18)9-10-20-11-13-21(14-12-20)22-15-16-23(25)24(26)17-22/h3-4,11-19H,2,5-10H2,1H3. The van der Waals surface area contributed by atoms with Crippen LogP contribution in [0.5, 0.6) is 0 Å². The third kappa shape index (κ3) is 5.20. The van der Waals surface area contributed by atoms with E-state index >= 15 is 0 Å². The molecule has 2 aromatic carbocycles. The molecule has 0 aliphatic heterocycles. The lowest BCUT2D eigenvalue weighted by Gasteiger charge is -2.26. The van der Waals surface area contributed by atoms with Gasteiger partial charge in [-0.15, -0.1) is 0 Å². The van der Waals surface area contributed by atoms with E-state index in [1.807, 2.05) is 6.07 Å². The topological polar surface area (TPSA) is 0 Å². The summed E-state index contributed by atoms with van der Waals surface area (Å²) in [5, 5.41) is 0.172. The fourth-order valence-electron chi connectivity index (χ4n) is 3.91. The lowest BCUT2D eigenvalue weighted by molar-refractivity contribution is 0.296. The number of rotatable bonds is 6. The van der Waals surface area contributed by atoms with Crippen LogP contribution in [0.1, 0.15) is 51.0 Å². The molecule has 1 fully saturated rings. The van der Waals surface area contributed by atoms with E-state index in [4.69, 9.17) is 11.6 Å². The van der Waals surface area contributed by atoms with Crippen molar-refractivity contribution in [1.82, 2.24) is 0 Å². The highest BCUT2D eigenvalue weighted by Crippen LogP contribution is 2.32. The molecular formula is C24H28ClF. The molecule has 0 saturated heterocycles. The van der Waals surface area contributed by atoms with Gasteiger partial charge in [-0.05, 0) is 85.6 Å². The summed E-state index contributed by atoms with van der Waals surface area (Å²) in [6, 6.07) is 13.5. The highest BCUT2D eigenvalue weighted by atomic mass is 35.5. The van der Waals surface area contributed by atoms with Crippen LogP contribution in [-0.4, -0.2) is 0 Å². The Labute approximate surface area is 162 Å². The summed E-state index contributed by atoms with van der Waals surface area (Å²) in [6.07, 6.45) is 13.7. The van der Waals surface area contributed by atoms with E-state index in [0.717, 1.165) is 35.8 Å². The number of hydrogen-bond donors (Lipinski definition) is 0. The Morgan fingerprint density at radius 2 is 1.69 bits per heavy atom. The maximum absolute atomic E-state index is 13.6. The van der Waals surface area contributed by atoms with Crippen LogP contribution in [-0.2, 0) is 6.42 Å². The minimum Gasteiger partial charge on any atom is -0.205 e. The zero-order valence-corrected chi connectivity index (χ0v) is 16.3. The molecule has 0 N–H and O–H groups in total. The molecule has 0 nitrogen and oxygen atoms in total. The molecule has 0 atom stereocenters. The molecule has 0 aromatic heterocycles. The summed E-state index contributed by atoms with van der Waals surface area (Å²) in [6.45, 7) is 2.21. The van der Waals surface area contributed by atoms with Gasteiger partial charge in [0.15, 0.2) is 0 Å². The van der Waals surface area contributed by atoms with Crippen LogP contribution in [0.15, 0.2) is 54.6 Å². The van der Waals surface area contributed by atoms with Crippen molar-refractivity contribution < 1.29 is 4.39 Å². The van der Waals surface area contributed by atoms with Crippen molar-refractivity contribution in [2.24, 2.45) is 11.8 Å². The highest BCUT2D eigenvalue weighted by Gasteiger charge is 2.19. The molecule has 1 saturated carbocycles. The van der Waals surface area contributed by atoms with Crippen LogP contribution in [0, 0.1) is 17.7 Å².